The molecule has 8 amide bonds. The van der Waals surface area contributed by atoms with Crippen LogP contribution in [0.4, 0.5) is 38.0 Å². The average molecular weight is 1540 g/mol. The molecule has 4 rings (SSSR count). The minimum atomic E-state index is -5.06. The number of rotatable bonds is 56. The number of carboxylic acid groups (broad SMARTS) is 2. The van der Waals surface area contributed by atoms with Gasteiger partial charge in [-0.15, -0.1) is 26.3 Å². The third-order valence-electron chi connectivity index (χ3n) is 14.7. The highest BCUT2D eigenvalue weighted by molar-refractivity contribution is 6.13. The van der Waals surface area contributed by atoms with Crippen molar-refractivity contribution in [2.45, 2.75) is 122 Å². The number of benzene rings is 2. The van der Waals surface area contributed by atoms with Crippen LogP contribution in [0.25, 0.3) is 0 Å². The summed E-state index contributed by atoms with van der Waals surface area (Å²) in [6.45, 7) is 7.01. The highest BCUT2D eigenvalue weighted by Crippen LogP contribution is 2.28. The van der Waals surface area contributed by atoms with Gasteiger partial charge in [0.05, 0.1) is 104 Å². The standard InChI is InChI=1S/C70H94F6N12O20/c1-47-19-23-79-57(41-47)77-21-5-11-63(93)85-53(67(99)87-55(45-65(95)96)49-7-3-9-51(43-49)107-69(71,72)73)13-15-59(89)81-25-29-101-33-37-105-39-35-103-31-27-83-61(91)17-18-62(92)84-28-32-104-36-40-106-38-34-102-30-26-82-60(90)16-14-54(86-64(94)12-6-22-78-58-42-48(2)20-24-80-58)68(100)88-56(46-66(97)98)50-8-4-10-52(44-50)108-70(74,75)76/h3-4,7-10,19-20,23-24,41-44,53-55H,5-6,11-18,21-22,25-40,45-46H2,1-2H3,(H,77,79)(H,78,80)(H,81,89)(H,82,90)(H,83,91)(H,84,92)(H,85,93)(H,86,94)(H,87,99)(H,95,96)(H,97,98). The summed E-state index contributed by atoms with van der Waals surface area (Å²) < 4.78 is 119. The second-order valence-electron chi connectivity index (χ2n) is 23.7. The van der Waals surface area contributed by atoms with Crippen molar-refractivity contribution in [3.8, 4) is 11.5 Å². The molecule has 596 valence electrons. The fourth-order valence-corrected chi connectivity index (χ4v) is 9.58. The first kappa shape index (κ1) is 90.2. The number of amides is 8. The lowest BCUT2D eigenvalue weighted by atomic mass is 10.0. The molecule has 0 saturated carbocycles. The van der Waals surface area contributed by atoms with Crippen molar-refractivity contribution < 1.29 is 122 Å². The minimum Gasteiger partial charge on any atom is -0.481 e. The third kappa shape index (κ3) is 43.5. The maximum atomic E-state index is 13.7. The normalized spacial score (nSPS) is 12.3. The van der Waals surface area contributed by atoms with E-state index in [1.165, 1.54) is 18.2 Å². The maximum absolute atomic E-state index is 13.7. The lowest BCUT2D eigenvalue weighted by Crippen LogP contribution is -2.48. The van der Waals surface area contributed by atoms with Crippen LogP contribution in [-0.4, -0.2) is 228 Å². The van der Waals surface area contributed by atoms with E-state index in [2.05, 4.69) is 72.3 Å². The number of aryl methyl sites for hydroxylation is 2. The molecular formula is C70H94F6N12O20. The van der Waals surface area contributed by atoms with Gasteiger partial charge in [-0.25, -0.2) is 15.0 Å². The fraction of sp³-hybridized carbons (Fsp3) is 0.529. The largest absolute Gasteiger partial charge is 0.573 e. The van der Waals surface area contributed by atoms with Gasteiger partial charge in [0, 0.05) is 95.8 Å². The van der Waals surface area contributed by atoms with Crippen molar-refractivity contribution >= 4 is 76.5 Å². The molecule has 0 bridgehead atoms. The Labute approximate surface area is 619 Å². The second kappa shape index (κ2) is 51.2. The topological polar surface area (TPSA) is 431 Å². The summed E-state index contributed by atoms with van der Waals surface area (Å²) in [6.07, 6.45) is -9.14. The quantitative estimate of drug-likeness (QED) is 0.0162. The molecule has 11 N–H and O–H groups in total. The molecule has 4 aromatic rings. The number of carbonyl (C=O) groups excluding carboxylic acids is 8. The predicted molar refractivity (Wildman–Crippen MR) is 375 cm³/mol. The highest BCUT2D eigenvalue weighted by Gasteiger charge is 2.33. The molecule has 38 heteroatoms. The number of hydrogen-bond donors (Lipinski definition) is 11. The van der Waals surface area contributed by atoms with E-state index >= 15 is 0 Å². The van der Waals surface area contributed by atoms with Gasteiger partial charge in [-0.3, -0.25) is 47.9 Å². The number of aromatic nitrogens is 2. The molecule has 3 atom stereocenters. The van der Waals surface area contributed by atoms with Gasteiger partial charge in [-0.2, -0.15) is 0 Å². The Bertz CT molecular complexity index is 3510. The van der Waals surface area contributed by atoms with Crippen LogP contribution in [0.15, 0.2) is 90.2 Å². The summed E-state index contributed by atoms with van der Waals surface area (Å²) in [7, 11) is 0. The van der Waals surface area contributed by atoms with Crippen molar-refractivity contribution in [1.29, 1.82) is 0 Å². The monoisotopic (exact) mass is 1540 g/mol. The molecule has 0 radical (unpaired) electrons. The Balaban J connectivity index is 1.00. The molecule has 2 heterocycles. The summed E-state index contributed by atoms with van der Waals surface area (Å²) >= 11 is 0. The summed E-state index contributed by atoms with van der Waals surface area (Å²) in [5.41, 5.74) is 1.34. The van der Waals surface area contributed by atoms with Gasteiger partial charge in [0.1, 0.15) is 35.2 Å². The molecule has 0 spiro atoms. The number of carbonyl (C=O) groups is 10. The number of anilines is 2. The molecule has 0 aliphatic rings. The molecule has 0 saturated heterocycles. The minimum absolute atomic E-state index is 0.0186. The van der Waals surface area contributed by atoms with Crippen LogP contribution >= 0.6 is 0 Å². The van der Waals surface area contributed by atoms with Gasteiger partial charge >= 0.3 is 24.7 Å². The van der Waals surface area contributed by atoms with Gasteiger partial charge < -0.3 is 96.0 Å². The number of nitrogens with zero attached hydrogens (tertiary/aromatic N) is 3. The number of aliphatic carboxylic acids is 2. The zero-order valence-corrected chi connectivity index (χ0v) is 59.9. The van der Waals surface area contributed by atoms with Crippen LogP contribution in [0.2, 0.25) is 0 Å². The zero-order chi connectivity index (χ0) is 79.0. The Morgan fingerprint density at radius 1 is 0.454 bits per heavy atom. The number of aliphatic imine (C=N–C) groups is 1. The number of halogens is 6. The smallest absolute Gasteiger partial charge is 0.481 e. The van der Waals surface area contributed by atoms with Crippen molar-refractivity contribution in [2.24, 2.45) is 4.99 Å². The Morgan fingerprint density at radius 2 is 0.861 bits per heavy atom. The molecule has 3 unspecified atom stereocenters. The van der Waals surface area contributed by atoms with Crippen LogP contribution in [0.5, 0.6) is 11.5 Å². The molecule has 2 aromatic carbocycles. The van der Waals surface area contributed by atoms with Gasteiger partial charge in [-0.05, 0) is 105 Å². The van der Waals surface area contributed by atoms with Crippen LogP contribution in [0.1, 0.15) is 105 Å². The van der Waals surface area contributed by atoms with Crippen molar-refractivity contribution in [3.63, 3.8) is 0 Å². The maximum Gasteiger partial charge on any atom is 0.573 e. The number of pyridine rings is 2. The average Bonchev–Trinajstić information content (AvgIpc) is 0.845. The van der Waals surface area contributed by atoms with Crippen LogP contribution in [0, 0.1) is 13.8 Å². The SMILES string of the molecule is Cc1ccnc(NCCCC(=O)NC(CCC(=O)NCCOCCOCCOCCNC(=O)CCC(=O)NCCOCCOCCOCCNC(=O)CCC(NC(=O)CCCNc2cc(C)ccn2)C(=O)NC(CC(=O)O)c2cccc(OC(F)(F)F)c2)C(=O)N=C(CC(=O)O)c2cccc(OC(F)(F)F)c2)c1. The Kier molecular flexibility index (Phi) is 42.8. The van der Waals surface area contributed by atoms with E-state index in [0.717, 1.165) is 41.5 Å². The molecule has 32 nitrogen and oxygen atoms in total. The van der Waals surface area contributed by atoms with Gasteiger partial charge in [-0.1, -0.05) is 24.3 Å². The van der Waals surface area contributed by atoms with Crippen molar-refractivity contribution in [1.82, 2.24) is 47.2 Å². The van der Waals surface area contributed by atoms with E-state index in [0.29, 0.717) is 37.6 Å². The van der Waals surface area contributed by atoms with Crippen LogP contribution in [0.3, 0.4) is 0 Å². The number of nitrogens with one attached hydrogen (secondary N) is 9. The molecular weight excluding hydrogens is 1440 g/mol. The molecule has 2 aromatic heterocycles. The van der Waals surface area contributed by atoms with E-state index in [1.54, 1.807) is 12.4 Å². The van der Waals surface area contributed by atoms with Crippen LogP contribution in [-0.2, 0) is 76.4 Å². The van der Waals surface area contributed by atoms with Crippen LogP contribution < -0.4 is 57.3 Å². The van der Waals surface area contributed by atoms with Crippen molar-refractivity contribution in [2.75, 3.05) is 129 Å². The van der Waals surface area contributed by atoms with E-state index in [1.807, 2.05) is 38.1 Å². The lowest BCUT2D eigenvalue weighted by Gasteiger charge is -2.23. The predicted octanol–water partition coefficient (Wildman–Crippen LogP) is 4.67. The fourth-order valence-electron chi connectivity index (χ4n) is 9.58. The Morgan fingerprint density at radius 3 is 1.29 bits per heavy atom. The first-order valence-corrected chi connectivity index (χ1v) is 34.6. The number of alkyl halides is 6. The number of ether oxygens (including phenoxy) is 8. The summed E-state index contributed by atoms with van der Waals surface area (Å²) in [5, 5.41) is 43.5. The molecule has 0 fully saturated rings. The third-order valence-corrected chi connectivity index (χ3v) is 14.7. The zero-order valence-electron chi connectivity index (χ0n) is 59.9. The molecule has 108 heavy (non-hydrogen) atoms. The summed E-state index contributed by atoms with van der Waals surface area (Å²) in [4.78, 5) is 139. The summed E-state index contributed by atoms with van der Waals surface area (Å²) in [5.74, 6) is -7.79. The molecule has 0 aliphatic carbocycles. The second-order valence-corrected chi connectivity index (χ2v) is 23.7. The summed E-state index contributed by atoms with van der Waals surface area (Å²) in [6, 6.07) is 11.8. The molecule has 0 aliphatic heterocycles. The van der Waals surface area contributed by atoms with E-state index in [-0.39, 0.29) is 180 Å². The van der Waals surface area contributed by atoms with Crippen molar-refractivity contribution in [3.05, 3.63) is 107 Å². The number of hydrogen-bond acceptors (Lipinski definition) is 22. The van der Waals surface area contributed by atoms with Gasteiger partial charge in [0.25, 0.3) is 5.91 Å². The lowest BCUT2D eigenvalue weighted by molar-refractivity contribution is -0.275. The number of carboxylic acids is 2. The van der Waals surface area contributed by atoms with Gasteiger partial charge in [0.2, 0.25) is 41.4 Å². The van der Waals surface area contributed by atoms with Gasteiger partial charge in [0.15, 0.2) is 0 Å². The van der Waals surface area contributed by atoms with E-state index in [4.69, 9.17) is 28.4 Å². The first-order chi connectivity index (χ1) is 51.6. The first-order valence-electron chi connectivity index (χ1n) is 34.6. The van der Waals surface area contributed by atoms with E-state index in [9.17, 15) is 84.5 Å². The highest BCUT2D eigenvalue weighted by atomic mass is 19.4. The Hall–Kier alpha value is -10.2. The van der Waals surface area contributed by atoms with E-state index < -0.39 is 108 Å².